The maximum atomic E-state index is 11.3. The van der Waals surface area contributed by atoms with Gasteiger partial charge in [-0.2, -0.15) is 0 Å². The molecule has 98 valence electrons. The first kappa shape index (κ1) is 15.6. The second-order valence-electron chi connectivity index (χ2n) is 4.66. The van der Waals surface area contributed by atoms with Gasteiger partial charge in [0.15, 0.2) is 0 Å². The van der Waals surface area contributed by atoms with E-state index in [0.29, 0.717) is 12.5 Å². The van der Waals surface area contributed by atoms with E-state index in [1.54, 1.807) is 0 Å². The molecule has 1 amide bonds. The van der Waals surface area contributed by atoms with Crippen molar-refractivity contribution >= 4 is 11.9 Å². The van der Waals surface area contributed by atoms with Crippen LogP contribution in [-0.2, 0) is 9.59 Å². The first-order valence-corrected chi connectivity index (χ1v) is 5.68. The van der Waals surface area contributed by atoms with Crippen molar-refractivity contribution < 1.29 is 14.7 Å². The number of carbonyl (C=O) groups is 2. The smallest absolute Gasteiger partial charge is 0.328 e. The van der Waals surface area contributed by atoms with Gasteiger partial charge in [-0.25, -0.2) is 4.79 Å². The minimum Gasteiger partial charge on any atom is -0.478 e. The third-order valence-electron chi connectivity index (χ3n) is 2.36. The Hall–Kier alpha value is -1.36. The number of rotatable bonds is 7. The number of nitrogens with one attached hydrogen (secondary N) is 1. The minimum atomic E-state index is -1.12. The predicted molar refractivity (Wildman–Crippen MR) is 66.7 cm³/mol. The van der Waals surface area contributed by atoms with Crippen LogP contribution in [0.1, 0.15) is 20.3 Å². The molecule has 0 saturated carbocycles. The molecule has 0 heterocycles. The largest absolute Gasteiger partial charge is 0.478 e. The maximum absolute atomic E-state index is 11.3. The van der Waals surface area contributed by atoms with E-state index < -0.39 is 5.97 Å². The summed E-state index contributed by atoms with van der Waals surface area (Å²) in [6.45, 7) is 4.78. The summed E-state index contributed by atoms with van der Waals surface area (Å²) in [6.07, 6.45) is 2.85. The molecule has 0 spiro atoms. The van der Waals surface area contributed by atoms with Crippen molar-refractivity contribution in [3.05, 3.63) is 12.2 Å². The number of carboxylic acid groups (broad SMARTS) is 1. The van der Waals surface area contributed by atoms with Gasteiger partial charge in [0.1, 0.15) is 0 Å². The summed E-state index contributed by atoms with van der Waals surface area (Å²) >= 11 is 0. The SMILES string of the molecule is CC(C)CC(CNC(=O)/C=C/C(=O)O)N(C)C. The Morgan fingerprint density at radius 2 is 1.88 bits per heavy atom. The van der Waals surface area contributed by atoms with Crippen LogP contribution in [0, 0.1) is 5.92 Å². The highest BCUT2D eigenvalue weighted by atomic mass is 16.4. The molecule has 17 heavy (non-hydrogen) atoms. The van der Waals surface area contributed by atoms with E-state index in [9.17, 15) is 9.59 Å². The molecule has 0 aromatic heterocycles. The fourth-order valence-electron chi connectivity index (χ4n) is 1.45. The highest BCUT2D eigenvalue weighted by molar-refractivity contribution is 5.93. The molecule has 0 aromatic rings. The Labute approximate surface area is 102 Å². The van der Waals surface area contributed by atoms with E-state index in [-0.39, 0.29) is 11.9 Å². The van der Waals surface area contributed by atoms with Crippen molar-refractivity contribution in [2.75, 3.05) is 20.6 Å². The fourth-order valence-corrected chi connectivity index (χ4v) is 1.45. The van der Waals surface area contributed by atoms with Gasteiger partial charge in [-0.3, -0.25) is 4.79 Å². The van der Waals surface area contributed by atoms with E-state index in [0.717, 1.165) is 18.6 Å². The van der Waals surface area contributed by atoms with E-state index >= 15 is 0 Å². The third kappa shape index (κ3) is 8.45. The molecular weight excluding hydrogens is 220 g/mol. The Kier molecular flexibility index (Phi) is 7.21. The lowest BCUT2D eigenvalue weighted by molar-refractivity contribution is -0.131. The van der Waals surface area contributed by atoms with E-state index in [1.165, 1.54) is 0 Å². The van der Waals surface area contributed by atoms with Gasteiger partial charge in [-0.1, -0.05) is 13.8 Å². The summed E-state index contributed by atoms with van der Waals surface area (Å²) in [5.74, 6) is -0.941. The molecule has 0 rings (SSSR count). The molecule has 0 bridgehead atoms. The third-order valence-corrected chi connectivity index (χ3v) is 2.36. The highest BCUT2D eigenvalue weighted by Gasteiger charge is 2.13. The average Bonchev–Trinajstić information content (AvgIpc) is 2.20. The summed E-state index contributed by atoms with van der Waals surface area (Å²) in [6, 6.07) is 0.261. The summed E-state index contributed by atoms with van der Waals surface area (Å²) in [7, 11) is 3.93. The van der Waals surface area contributed by atoms with Gasteiger partial charge in [0.25, 0.3) is 0 Å². The summed E-state index contributed by atoms with van der Waals surface area (Å²) in [5.41, 5.74) is 0. The van der Waals surface area contributed by atoms with Gasteiger partial charge in [0, 0.05) is 24.7 Å². The van der Waals surface area contributed by atoms with Crippen LogP contribution < -0.4 is 5.32 Å². The molecule has 0 aromatic carbocycles. The molecule has 0 aliphatic rings. The zero-order valence-electron chi connectivity index (χ0n) is 10.9. The van der Waals surface area contributed by atoms with Gasteiger partial charge in [-0.15, -0.1) is 0 Å². The molecular formula is C12H22N2O3. The molecule has 0 fully saturated rings. The van der Waals surface area contributed by atoms with Gasteiger partial charge >= 0.3 is 5.97 Å². The van der Waals surface area contributed by atoms with Crippen molar-refractivity contribution in [3.63, 3.8) is 0 Å². The Morgan fingerprint density at radius 1 is 1.29 bits per heavy atom. The van der Waals surface area contributed by atoms with Crippen LogP contribution >= 0.6 is 0 Å². The number of likely N-dealkylation sites (N-methyl/N-ethyl adjacent to an activating group) is 1. The number of aliphatic carboxylic acids is 1. The normalized spacial score (nSPS) is 13.3. The molecule has 2 N–H and O–H groups in total. The lowest BCUT2D eigenvalue weighted by Crippen LogP contribution is -2.40. The van der Waals surface area contributed by atoms with E-state index in [2.05, 4.69) is 24.1 Å². The molecule has 0 aliphatic heterocycles. The van der Waals surface area contributed by atoms with Gasteiger partial charge in [0.2, 0.25) is 5.91 Å². The zero-order valence-corrected chi connectivity index (χ0v) is 10.9. The number of hydrogen-bond donors (Lipinski definition) is 2. The van der Waals surface area contributed by atoms with Gasteiger partial charge in [-0.05, 0) is 26.4 Å². The number of nitrogens with zero attached hydrogens (tertiary/aromatic N) is 1. The Balaban J connectivity index is 4.12. The van der Waals surface area contributed by atoms with Crippen molar-refractivity contribution in [3.8, 4) is 0 Å². The average molecular weight is 242 g/mol. The second-order valence-corrected chi connectivity index (χ2v) is 4.66. The van der Waals surface area contributed by atoms with E-state index in [4.69, 9.17) is 5.11 Å². The van der Waals surface area contributed by atoms with Crippen LogP contribution in [0.4, 0.5) is 0 Å². The molecule has 0 radical (unpaired) electrons. The first-order valence-electron chi connectivity index (χ1n) is 5.68. The Bertz CT molecular complexity index is 285. The van der Waals surface area contributed by atoms with Gasteiger partial charge < -0.3 is 15.3 Å². The predicted octanol–water partition coefficient (Wildman–Crippen LogP) is 0.720. The molecule has 1 atom stereocenters. The molecule has 0 aliphatic carbocycles. The number of carboxylic acids is 1. The van der Waals surface area contributed by atoms with Crippen molar-refractivity contribution in [1.29, 1.82) is 0 Å². The number of carbonyl (C=O) groups excluding carboxylic acids is 1. The monoisotopic (exact) mass is 242 g/mol. The van der Waals surface area contributed by atoms with Crippen LogP contribution in [0.3, 0.4) is 0 Å². The first-order chi connectivity index (χ1) is 7.82. The minimum absolute atomic E-state index is 0.261. The zero-order chi connectivity index (χ0) is 13.4. The molecule has 5 heteroatoms. The Morgan fingerprint density at radius 3 is 2.29 bits per heavy atom. The number of amides is 1. The molecule has 0 saturated heterocycles. The standard InChI is InChI=1S/C12H22N2O3/c1-9(2)7-10(14(3)4)8-13-11(15)5-6-12(16)17/h5-6,9-10H,7-8H2,1-4H3,(H,13,15)(H,16,17)/b6-5+. The topological polar surface area (TPSA) is 69.6 Å². The highest BCUT2D eigenvalue weighted by Crippen LogP contribution is 2.07. The van der Waals surface area contributed by atoms with Crippen LogP contribution in [0.25, 0.3) is 0 Å². The lowest BCUT2D eigenvalue weighted by Gasteiger charge is -2.25. The van der Waals surface area contributed by atoms with Crippen LogP contribution in [0.2, 0.25) is 0 Å². The lowest BCUT2D eigenvalue weighted by atomic mass is 10.0. The van der Waals surface area contributed by atoms with Crippen LogP contribution in [0.15, 0.2) is 12.2 Å². The summed E-state index contributed by atoms with van der Waals surface area (Å²) in [5, 5.41) is 11.1. The maximum Gasteiger partial charge on any atom is 0.328 e. The summed E-state index contributed by atoms with van der Waals surface area (Å²) < 4.78 is 0. The quantitative estimate of drug-likeness (QED) is 0.645. The molecule has 1 unspecified atom stereocenters. The van der Waals surface area contributed by atoms with Crippen LogP contribution in [-0.4, -0.2) is 48.6 Å². The van der Waals surface area contributed by atoms with E-state index in [1.807, 2.05) is 14.1 Å². The van der Waals surface area contributed by atoms with Gasteiger partial charge in [0.05, 0.1) is 0 Å². The molecule has 5 nitrogen and oxygen atoms in total. The van der Waals surface area contributed by atoms with Crippen LogP contribution in [0.5, 0.6) is 0 Å². The number of hydrogen-bond acceptors (Lipinski definition) is 3. The fraction of sp³-hybridized carbons (Fsp3) is 0.667. The van der Waals surface area contributed by atoms with Crippen molar-refractivity contribution in [2.24, 2.45) is 5.92 Å². The summed E-state index contributed by atoms with van der Waals surface area (Å²) in [4.78, 5) is 23.6. The second kappa shape index (κ2) is 7.84. The van der Waals surface area contributed by atoms with Crippen molar-refractivity contribution in [2.45, 2.75) is 26.3 Å². The van der Waals surface area contributed by atoms with Crippen molar-refractivity contribution in [1.82, 2.24) is 10.2 Å².